The van der Waals surface area contributed by atoms with E-state index in [0.29, 0.717) is 5.75 Å². The van der Waals surface area contributed by atoms with E-state index in [1.165, 1.54) is 10.5 Å². The number of rotatable bonds is 4. The van der Waals surface area contributed by atoms with Gasteiger partial charge in [-0.2, -0.15) is 0 Å². The zero-order valence-electron chi connectivity index (χ0n) is 9.41. The van der Waals surface area contributed by atoms with Gasteiger partial charge in [-0.1, -0.05) is 42.5 Å². The Kier molecular flexibility index (Phi) is 4.28. The molecule has 0 saturated heterocycles. The molecule has 17 heavy (non-hydrogen) atoms. The van der Waals surface area contributed by atoms with Gasteiger partial charge >= 0.3 is 0 Å². The van der Waals surface area contributed by atoms with E-state index in [1.54, 1.807) is 23.9 Å². The number of benzene rings is 2. The molecule has 86 valence electrons. The fourth-order valence-electron chi connectivity index (χ4n) is 1.44. The van der Waals surface area contributed by atoms with Crippen LogP contribution in [0.2, 0.25) is 0 Å². The van der Waals surface area contributed by atoms with Gasteiger partial charge in [0.25, 0.3) is 0 Å². The second kappa shape index (κ2) is 6.16. The van der Waals surface area contributed by atoms with Crippen molar-refractivity contribution in [3.63, 3.8) is 0 Å². The molecule has 0 aromatic heterocycles. The molecular weight excluding hydrogens is 228 g/mol. The highest BCUT2D eigenvalue weighted by Crippen LogP contribution is 2.20. The molecule has 0 radical (unpaired) electrons. The average Bonchev–Trinajstić information content (AvgIpc) is 2.38. The minimum atomic E-state index is 0.314. The molecule has 0 aliphatic carbocycles. The maximum atomic E-state index is 9.15. The van der Waals surface area contributed by atoms with Gasteiger partial charge in [0, 0.05) is 10.6 Å². The van der Waals surface area contributed by atoms with Gasteiger partial charge in [-0.3, -0.25) is 0 Å². The highest BCUT2D eigenvalue weighted by atomic mass is 32.2. The van der Waals surface area contributed by atoms with Crippen molar-refractivity contribution in [2.45, 2.75) is 4.90 Å². The summed E-state index contributed by atoms with van der Waals surface area (Å²) in [5, 5.41) is 9.15. The van der Waals surface area contributed by atoms with E-state index in [9.17, 15) is 0 Å². The van der Waals surface area contributed by atoms with Gasteiger partial charge in [0.15, 0.2) is 0 Å². The first-order chi connectivity index (χ1) is 8.34. The minimum Gasteiger partial charge on any atom is -0.508 e. The number of hydrogen-bond acceptors (Lipinski definition) is 2. The summed E-state index contributed by atoms with van der Waals surface area (Å²) < 4.78 is 0. The van der Waals surface area contributed by atoms with Gasteiger partial charge in [-0.15, -0.1) is 11.8 Å². The molecule has 0 bridgehead atoms. The molecule has 2 rings (SSSR count). The highest BCUT2D eigenvalue weighted by molar-refractivity contribution is 7.99. The quantitative estimate of drug-likeness (QED) is 0.811. The molecule has 1 nitrogen and oxygen atoms in total. The zero-order chi connectivity index (χ0) is 11.9. The van der Waals surface area contributed by atoms with Gasteiger partial charge in [0.2, 0.25) is 0 Å². The smallest absolute Gasteiger partial charge is 0.115 e. The lowest BCUT2D eigenvalue weighted by Gasteiger charge is -1.98. The largest absolute Gasteiger partial charge is 0.508 e. The van der Waals surface area contributed by atoms with E-state index >= 15 is 0 Å². The Morgan fingerprint density at radius 1 is 0.941 bits per heavy atom. The summed E-state index contributed by atoms with van der Waals surface area (Å²) >= 11 is 1.75. The monoisotopic (exact) mass is 242 g/mol. The van der Waals surface area contributed by atoms with E-state index in [2.05, 4.69) is 24.3 Å². The van der Waals surface area contributed by atoms with Gasteiger partial charge < -0.3 is 5.11 Å². The molecule has 0 saturated carbocycles. The van der Waals surface area contributed by atoms with E-state index < -0.39 is 0 Å². The van der Waals surface area contributed by atoms with Gasteiger partial charge in [-0.05, 0) is 29.8 Å². The van der Waals surface area contributed by atoms with Gasteiger partial charge in [0.05, 0.1) is 0 Å². The van der Waals surface area contributed by atoms with Crippen molar-refractivity contribution in [1.29, 1.82) is 0 Å². The van der Waals surface area contributed by atoms with E-state index in [0.717, 1.165) is 5.75 Å². The van der Waals surface area contributed by atoms with Crippen LogP contribution in [0, 0.1) is 0 Å². The van der Waals surface area contributed by atoms with E-state index in [4.69, 9.17) is 5.11 Å². The first kappa shape index (κ1) is 11.8. The maximum absolute atomic E-state index is 9.15. The van der Waals surface area contributed by atoms with Crippen molar-refractivity contribution in [2.24, 2.45) is 0 Å². The Labute approximate surface area is 106 Å². The van der Waals surface area contributed by atoms with Crippen molar-refractivity contribution in [2.75, 3.05) is 5.75 Å². The zero-order valence-corrected chi connectivity index (χ0v) is 10.2. The molecule has 1 N–H and O–H groups in total. The molecule has 0 unspecified atom stereocenters. The molecule has 0 atom stereocenters. The van der Waals surface area contributed by atoms with Crippen molar-refractivity contribution in [3.05, 3.63) is 66.2 Å². The van der Waals surface area contributed by atoms with Crippen LogP contribution in [0.4, 0.5) is 0 Å². The summed E-state index contributed by atoms with van der Waals surface area (Å²) in [7, 11) is 0. The number of thioether (sulfide) groups is 1. The van der Waals surface area contributed by atoms with Crippen molar-refractivity contribution in [1.82, 2.24) is 0 Å². The summed E-state index contributed by atoms with van der Waals surface area (Å²) in [5.41, 5.74) is 1.22. The van der Waals surface area contributed by atoms with Crippen LogP contribution in [-0.2, 0) is 0 Å². The first-order valence-electron chi connectivity index (χ1n) is 5.48. The van der Waals surface area contributed by atoms with Crippen LogP contribution in [0.25, 0.3) is 6.08 Å². The van der Waals surface area contributed by atoms with Crippen LogP contribution in [0.3, 0.4) is 0 Å². The lowest BCUT2D eigenvalue weighted by molar-refractivity contribution is 0.475. The third-order valence-corrected chi connectivity index (χ3v) is 3.26. The highest BCUT2D eigenvalue weighted by Gasteiger charge is 1.92. The summed E-state index contributed by atoms with van der Waals surface area (Å²) in [6.07, 6.45) is 4.26. The topological polar surface area (TPSA) is 20.2 Å². The van der Waals surface area contributed by atoms with Crippen LogP contribution in [0.1, 0.15) is 5.56 Å². The summed E-state index contributed by atoms with van der Waals surface area (Å²) in [6, 6.07) is 17.5. The third-order valence-electron chi connectivity index (χ3n) is 2.29. The molecule has 2 heteroatoms. The van der Waals surface area contributed by atoms with Crippen molar-refractivity contribution >= 4 is 17.8 Å². The van der Waals surface area contributed by atoms with Crippen LogP contribution in [0.5, 0.6) is 5.75 Å². The van der Waals surface area contributed by atoms with Crippen LogP contribution >= 0.6 is 11.8 Å². The van der Waals surface area contributed by atoms with Crippen LogP contribution in [-0.4, -0.2) is 10.9 Å². The Bertz CT molecular complexity index is 474. The first-order valence-corrected chi connectivity index (χ1v) is 6.46. The van der Waals surface area contributed by atoms with Gasteiger partial charge in [-0.25, -0.2) is 0 Å². The summed E-state index contributed by atoms with van der Waals surface area (Å²) in [6.45, 7) is 0. The predicted octanol–water partition coefficient (Wildman–Crippen LogP) is 4.20. The molecule has 0 amide bonds. The Hall–Kier alpha value is -1.67. The second-order valence-electron chi connectivity index (χ2n) is 3.62. The average molecular weight is 242 g/mol. The lowest BCUT2D eigenvalue weighted by Crippen LogP contribution is -1.74. The van der Waals surface area contributed by atoms with Crippen LogP contribution < -0.4 is 0 Å². The SMILES string of the molecule is Oc1ccc(SCC=Cc2ccccc2)cc1. The second-order valence-corrected chi connectivity index (χ2v) is 4.71. The summed E-state index contributed by atoms with van der Waals surface area (Å²) in [5.74, 6) is 1.24. The van der Waals surface area contributed by atoms with E-state index in [-0.39, 0.29) is 0 Å². The summed E-state index contributed by atoms with van der Waals surface area (Å²) in [4.78, 5) is 1.17. The van der Waals surface area contributed by atoms with Crippen molar-refractivity contribution in [3.8, 4) is 5.75 Å². The number of hydrogen-bond donors (Lipinski definition) is 1. The fraction of sp³-hybridized carbons (Fsp3) is 0.0667. The number of aromatic hydroxyl groups is 1. The number of phenolic OH excluding ortho intramolecular Hbond substituents is 1. The van der Waals surface area contributed by atoms with Crippen molar-refractivity contribution < 1.29 is 5.11 Å². The van der Waals surface area contributed by atoms with Gasteiger partial charge in [0.1, 0.15) is 5.75 Å². The maximum Gasteiger partial charge on any atom is 0.115 e. The molecule has 0 spiro atoms. The lowest BCUT2D eigenvalue weighted by atomic mass is 10.2. The molecule has 2 aromatic rings. The standard InChI is InChI=1S/C15H14OS/c16-14-8-10-15(11-9-14)17-12-4-7-13-5-2-1-3-6-13/h1-11,16H,12H2. The normalized spacial score (nSPS) is 10.8. The molecular formula is C15H14OS. The molecule has 0 fully saturated rings. The minimum absolute atomic E-state index is 0.314. The molecule has 2 aromatic carbocycles. The Balaban J connectivity index is 1.84. The molecule has 0 aliphatic heterocycles. The number of phenols is 1. The Morgan fingerprint density at radius 3 is 2.35 bits per heavy atom. The third kappa shape index (κ3) is 4.00. The molecule has 0 aliphatic rings. The fourth-order valence-corrected chi connectivity index (χ4v) is 2.15. The Morgan fingerprint density at radius 2 is 1.65 bits per heavy atom. The van der Waals surface area contributed by atoms with Crippen LogP contribution in [0.15, 0.2) is 65.6 Å². The predicted molar refractivity (Wildman–Crippen MR) is 74.3 cm³/mol. The van der Waals surface area contributed by atoms with E-state index in [1.807, 2.05) is 30.3 Å². The molecule has 0 heterocycles.